The Morgan fingerprint density at radius 3 is 2.79 bits per heavy atom. The van der Waals surface area contributed by atoms with Crippen molar-refractivity contribution in [1.82, 2.24) is 4.90 Å². The molecule has 1 aromatic carbocycles. The molecule has 1 amide bonds. The van der Waals surface area contributed by atoms with Crippen LogP contribution in [0.4, 0.5) is 5.69 Å². The van der Waals surface area contributed by atoms with Gasteiger partial charge in [0.05, 0.1) is 11.3 Å². The third-order valence-electron chi connectivity index (χ3n) is 2.97. The lowest BCUT2D eigenvalue weighted by Gasteiger charge is -2.34. The van der Waals surface area contributed by atoms with E-state index < -0.39 is 10.0 Å². The lowest BCUT2D eigenvalue weighted by molar-refractivity contribution is 0.0860. The van der Waals surface area contributed by atoms with Crippen molar-refractivity contribution in [2.75, 3.05) is 22.7 Å². The number of rotatable bonds is 2. The SMILES string of the molecule is O=C1c2ccccc2N(CCBr)C2=NS(=O)(=O)CN12. The summed E-state index contributed by atoms with van der Waals surface area (Å²) in [6, 6.07) is 7.06. The minimum absolute atomic E-state index is 0.197. The van der Waals surface area contributed by atoms with Gasteiger partial charge >= 0.3 is 0 Å². The molecule has 0 fully saturated rings. The fourth-order valence-electron chi connectivity index (χ4n) is 2.22. The van der Waals surface area contributed by atoms with Crippen molar-refractivity contribution in [2.24, 2.45) is 4.40 Å². The fraction of sp³-hybridized carbons (Fsp3) is 0.273. The van der Waals surface area contributed by atoms with Crippen LogP contribution in [0.2, 0.25) is 0 Å². The molecule has 0 saturated heterocycles. The summed E-state index contributed by atoms with van der Waals surface area (Å²) >= 11 is 3.33. The van der Waals surface area contributed by atoms with E-state index in [1.54, 1.807) is 23.1 Å². The average molecular weight is 344 g/mol. The molecule has 19 heavy (non-hydrogen) atoms. The summed E-state index contributed by atoms with van der Waals surface area (Å²) in [6.07, 6.45) is 0. The zero-order valence-electron chi connectivity index (χ0n) is 9.78. The minimum Gasteiger partial charge on any atom is -0.310 e. The number of anilines is 1. The van der Waals surface area contributed by atoms with Crippen molar-refractivity contribution in [3.63, 3.8) is 0 Å². The van der Waals surface area contributed by atoms with Gasteiger partial charge in [-0.25, -0.2) is 8.42 Å². The number of hydrogen-bond acceptors (Lipinski definition) is 4. The Labute approximate surface area is 118 Å². The van der Waals surface area contributed by atoms with E-state index in [2.05, 4.69) is 20.3 Å². The van der Waals surface area contributed by atoms with E-state index in [0.29, 0.717) is 23.1 Å². The smallest absolute Gasteiger partial charge is 0.275 e. The zero-order valence-corrected chi connectivity index (χ0v) is 12.2. The number of nitrogens with zero attached hydrogens (tertiary/aromatic N) is 3. The Morgan fingerprint density at radius 2 is 2.05 bits per heavy atom. The summed E-state index contributed by atoms with van der Waals surface area (Å²) < 4.78 is 26.9. The van der Waals surface area contributed by atoms with Crippen molar-refractivity contribution in [2.45, 2.75) is 0 Å². The van der Waals surface area contributed by atoms with Crippen LogP contribution in [-0.4, -0.2) is 42.9 Å². The molecule has 0 spiro atoms. The van der Waals surface area contributed by atoms with Gasteiger partial charge in [0, 0.05) is 11.9 Å². The first-order chi connectivity index (χ1) is 9.03. The van der Waals surface area contributed by atoms with Crippen molar-refractivity contribution < 1.29 is 13.2 Å². The summed E-state index contributed by atoms with van der Waals surface area (Å²) in [5, 5.41) is 0.641. The van der Waals surface area contributed by atoms with Crippen LogP contribution in [0.25, 0.3) is 0 Å². The molecule has 2 aliphatic rings. The Balaban J connectivity index is 2.19. The van der Waals surface area contributed by atoms with Gasteiger partial charge in [0.25, 0.3) is 15.9 Å². The predicted molar refractivity (Wildman–Crippen MR) is 75.0 cm³/mol. The molecule has 100 valence electrons. The fourth-order valence-corrected chi connectivity index (χ4v) is 3.63. The molecule has 0 radical (unpaired) electrons. The number of benzene rings is 1. The second-order valence-electron chi connectivity index (χ2n) is 4.19. The third-order valence-corrected chi connectivity index (χ3v) is 4.35. The van der Waals surface area contributed by atoms with Crippen LogP contribution in [0.3, 0.4) is 0 Å². The summed E-state index contributed by atoms with van der Waals surface area (Å²) in [5.74, 6) is -0.502. The number of hydrogen-bond donors (Lipinski definition) is 0. The number of sulfonamides is 1. The predicted octanol–water partition coefficient (Wildman–Crippen LogP) is 1.00. The molecule has 0 saturated carbocycles. The summed E-state index contributed by atoms with van der Waals surface area (Å²) in [5.41, 5.74) is 1.19. The molecule has 0 atom stereocenters. The summed E-state index contributed by atoms with van der Waals surface area (Å²) in [7, 11) is -3.59. The molecule has 6 nitrogen and oxygen atoms in total. The molecule has 2 aliphatic heterocycles. The lowest BCUT2D eigenvalue weighted by atomic mass is 10.1. The van der Waals surface area contributed by atoms with Crippen LogP contribution >= 0.6 is 15.9 Å². The van der Waals surface area contributed by atoms with Gasteiger partial charge in [-0.15, -0.1) is 4.40 Å². The number of alkyl halides is 1. The van der Waals surface area contributed by atoms with Crippen molar-refractivity contribution >= 4 is 43.5 Å². The molecule has 0 bridgehead atoms. The van der Waals surface area contributed by atoms with Gasteiger partial charge in [-0.2, -0.15) is 0 Å². The van der Waals surface area contributed by atoms with Gasteiger partial charge in [0.2, 0.25) is 5.96 Å². The van der Waals surface area contributed by atoms with E-state index >= 15 is 0 Å². The molecule has 0 N–H and O–H groups in total. The number of carbonyl (C=O) groups is 1. The normalized spacial score (nSPS) is 20.1. The average Bonchev–Trinajstić information content (AvgIpc) is 2.70. The van der Waals surface area contributed by atoms with E-state index in [1.165, 1.54) is 4.90 Å². The first kappa shape index (κ1) is 12.6. The molecule has 0 aromatic heterocycles. The van der Waals surface area contributed by atoms with Crippen LogP contribution in [0.5, 0.6) is 0 Å². The highest BCUT2D eigenvalue weighted by atomic mass is 79.9. The van der Waals surface area contributed by atoms with Crippen molar-refractivity contribution in [1.29, 1.82) is 0 Å². The van der Waals surface area contributed by atoms with E-state index in [4.69, 9.17) is 0 Å². The highest BCUT2D eigenvalue weighted by Crippen LogP contribution is 2.31. The second kappa shape index (κ2) is 4.31. The Bertz CT molecular complexity index is 686. The molecule has 0 aliphatic carbocycles. The molecule has 8 heteroatoms. The highest BCUT2D eigenvalue weighted by Gasteiger charge is 2.42. The van der Waals surface area contributed by atoms with Crippen LogP contribution < -0.4 is 4.90 Å². The molecular weight excluding hydrogens is 334 g/mol. The maximum absolute atomic E-state index is 12.3. The van der Waals surface area contributed by atoms with Crippen LogP contribution in [-0.2, 0) is 10.0 Å². The first-order valence-electron chi connectivity index (χ1n) is 5.60. The van der Waals surface area contributed by atoms with E-state index in [9.17, 15) is 13.2 Å². The molecular formula is C11H10BrN3O3S. The van der Waals surface area contributed by atoms with Crippen molar-refractivity contribution in [3.05, 3.63) is 29.8 Å². The third kappa shape index (κ3) is 1.95. The largest absolute Gasteiger partial charge is 0.310 e. The Morgan fingerprint density at radius 1 is 1.32 bits per heavy atom. The number of fused-ring (bicyclic) bond motifs is 2. The monoisotopic (exact) mass is 343 g/mol. The maximum Gasteiger partial charge on any atom is 0.275 e. The van der Waals surface area contributed by atoms with Crippen molar-refractivity contribution in [3.8, 4) is 0 Å². The van der Waals surface area contributed by atoms with E-state index in [-0.39, 0.29) is 17.7 Å². The van der Waals surface area contributed by atoms with Crippen LogP contribution in [0.15, 0.2) is 28.7 Å². The highest BCUT2D eigenvalue weighted by molar-refractivity contribution is 9.09. The van der Waals surface area contributed by atoms with Gasteiger partial charge in [0.1, 0.15) is 0 Å². The second-order valence-corrected chi connectivity index (χ2v) is 6.59. The minimum atomic E-state index is -3.59. The number of guanidine groups is 1. The first-order valence-corrected chi connectivity index (χ1v) is 8.33. The molecule has 2 heterocycles. The topological polar surface area (TPSA) is 70.0 Å². The van der Waals surface area contributed by atoms with Crippen LogP contribution in [0, 0.1) is 0 Å². The van der Waals surface area contributed by atoms with Gasteiger partial charge in [-0.1, -0.05) is 28.1 Å². The number of para-hydroxylation sites is 1. The Kier molecular flexibility index (Phi) is 2.86. The number of halogens is 1. The van der Waals surface area contributed by atoms with E-state index in [0.717, 1.165) is 0 Å². The van der Waals surface area contributed by atoms with Gasteiger partial charge in [0.15, 0.2) is 5.88 Å². The van der Waals surface area contributed by atoms with Gasteiger partial charge < -0.3 is 4.90 Å². The summed E-state index contributed by atoms with van der Waals surface area (Å²) in [4.78, 5) is 15.2. The standard InChI is InChI=1S/C11H10BrN3O3S/c12-5-6-14-9-4-2-1-3-8(9)10(16)15-7-19(17,18)13-11(14)15/h1-4H,5-7H2. The maximum atomic E-state index is 12.3. The lowest BCUT2D eigenvalue weighted by Crippen LogP contribution is -2.50. The van der Waals surface area contributed by atoms with Gasteiger partial charge in [-0.05, 0) is 12.1 Å². The zero-order chi connectivity index (χ0) is 13.6. The molecule has 3 rings (SSSR count). The van der Waals surface area contributed by atoms with Crippen LogP contribution in [0.1, 0.15) is 10.4 Å². The van der Waals surface area contributed by atoms with E-state index in [1.807, 2.05) is 6.07 Å². The van der Waals surface area contributed by atoms with Gasteiger partial charge in [-0.3, -0.25) is 9.69 Å². The molecule has 0 unspecified atom stereocenters. The number of carbonyl (C=O) groups excluding carboxylic acids is 1. The quantitative estimate of drug-likeness (QED) is 0.751. The Hall–Kier alpha value is -1.41. The number of amides is 1. The molecule has 1 aromatic rings. The summed E-state index contributed by atoms with van der Waals surface area (Å²) in [6.45, 7) is 0.537.